The van der Waals surface area contributed by atoms with Crippen LogP contribution in [0.4, 0.5) is 0 Å². The predicted molar refractivity (Wildman–Crippen MR) is 618 cm³/mol. The van der Waals surface area contributed by atoms with E-state index in [-0.39, 0.29) is 0 Å². The molecule has 144 heavy (non-hydrogen) atoms. The van der Waals surface area contributed by atoms with Crippen LogP contribution in [-0.2, 0) is 0 Å². The van der Waals surface area contributed by atoms with Gasteiger partial charge in [-0.15, -0.1) is 0 Å². The van der Waals surface area contributed by atoms with Crippen LogP contribution in [0.3, 0.4) is 0 Å². The summed E-state index contributed by atoms with van der Waals surface area (Å²) in [5.41, 5.74) is 15.5. The van der Waals surface area contributed by atoms with Crippen LogP contribution in [0.1, 0.15) is 407 Å². The lowest BCUT2D eigenvalue weighted by Gasteiger charge is -2.12. The maximum atomic E-state index is 2.44. The lowest BCUT2D eigenvalue weighted by Crippen LogP contribution is -2.41. The highest BCUT2D eigenvalue weighted by Gasteiger charge is 2.26. The molecule has 0 unspecified atom stereocenters. The molecule has 9 aromatic heterocycles. The van der Waals surface area contributed by atoms with Crippen molar-refractivity contribution < 1.29 is 41.1 Å². The Balaban J connectivity index is 0.000000166. The van der Waals surface area contributed by atoms with Gasteiger partial charge >= 0.3 is 0 Å². The first kappa shape index (κ1) is 114. The molecule has 18 aromatic rings. The van der Waals surface area contributed by atoms with Gasteiger partial charge in [-0.05, 0) is 281 Å². The Morgan fingerprint density at radius 1 is 0.160 bits per heavy atom. The van der Waals surface area contributed by atoms with Crippen molar-refractivity contribution in [2.24, 2.45) is 0 Å². The molecule has 9 aromatic carbocycles. The molecule has 0 spiro atoms. The Bertz CT molecular complexity index is 6770. The van der Waals surface area contributed by atoms with Gasteiger partial charge in [-0.25, -0.2) is 22.8 Å². The van der Waals surface area contributed by atoms with Crippen molar-refractivity contribution in [1.29, 1.82) is 0 Å². The number of nitrogens with zero attached hydrogens (tertiary/aromatic N) is 9. The molecule has 0 saturated carbocycles. The molecule has 9 heterocycles. The van der Waals surface area contributed by atoms with Crippen LogP contribution in [0.15, 0.2) is 329 Å². The van der Waals surface area contributed by atoms with E-state index >= 15 is 0 Å². The number of hydrogen-bond acceptors (Lipinski definition) is 0. The molecule has 0 aliphatic carbocycles. The summed E-state index contributed by atoms with van der Waals surface area (Å²) in [5.74, 6) is 5.17. The molecule has 18 rings (SSSR count). The Morgan fingerprint density at radius 2 is 0.528 bits per heavy atom. The van der Waals surface area contributed by atoms with Gasteiger partial charge in [0, 0.05) is 132 Å². The van der Waals surface area contributed by atoms with E-state index < -0.39 is 0 Å². The summed E-state index contributed by atoms with van der Waals surface area (Å²) >= 11 is 0. The van der Waals surface area contributed by atoms with E-state index in [9.17, 15) is 0 Å². The average Bonchev–Trinajstić information content (AvgIpc) is 0.773. The molecule has 0 amide bonds. The van der Waals surface area contributed by atoms with Gasteiger partial charge in [-0.3, -0.25) is 0 Å². The first-order valence-corrected chi connectivity index (χ1v) is 54.3. The fourth-order valence-electron chi connectivity index (χ4n) is 18.8. The van der Waals surface area contributed by atoms with Crippen molar-refractivity contribution in [1.82, 2.24) is 0 Å². The van der Waals surface area contributed by atoms with Gasteiger partial charge in [0.05, 0.1) is 0 Å². The van der Waals surface area contributed by atoms with Crippen LogP contribution in [0.25, 0.3) is 97.2 Å². The van der Waals surface area contributed by atoms with E-state index in [2.05, 4.69) is 620 Å². The summed E-state index contributed by atoms with van der Waals surface area (Å²) in [6.45, 7) is 80.5. The summed E-state index contributed by atoms with van der Waals surface area (Å²) in [7, 11) is 0. The predicted octanol–water partition coefficient (Wildman–Crippen LogP) is 34.5. The van der Waals surface area contributed by atoms with E-state index in [1.807, 2.05) is 0 Å². The molecular formula is C135H180N9+9. The minimum atomic E-state index is 0.503. The number of aromatic nitrogens is 9. The van der Waals surface area contributed by atoms with E-state index in [4.69, 9.17) is 0 Å². The van der Waals surface area contributed by atoms with Crippen LogP contribution in [0.5, 0.6) is 0 Å². The van der Waals surface area contributed by atoms with Crippen LogP contribution in [-0.4, -0.2) is 0 Å². The van der Waals surface area contributed by atoms with E-state index in [0.29, 0.717) is 108 Å². The number of pyridine rings is 9. The summed E-state index contributed by atoms with van der Waals surface area (Å²) in [6, 6.07) is 94.5. The first-order valence-electron chi connectivity index (χ1n) is 54.3. The normalized spacial score (nSPS) is 11.6. The number of rotatable bonds is 18. The van der Waals surface area contributed by atoms with Crippen molar-refractivity contribution >= 4 is 97.2 Å². The minimum absolute atomic E-state index is 0.503. The van der Waals surface area contributed by atoms with Gasteiger partial charge in [0.2, 0.25) is 11.0 Å². The van der Waals surface area contributed by atoms with Crippen molar-refractivity contribution in [2.75, 3.05) is 0 Å². The maximum Gasteiger partial charge on any atom is 0.212 e. The SMILES string of the molecule is CC(C)c1c2ccccc2cc[n+]1C(C)C.CC(C)c1c[n+](C(C)C)cc2ccccc12.CC(C)c1cc2ccccc2[n+](C(C)C)c1.CC(C)c1cc2ccccc2c[n+]1C(C)C.CC(C)c1ccc2c[n+](C(C)C)ccc2c1.CC(C)c1ccc2cc[n+](C(C)C)cc2c1.CC(C)c1ccc2ccccc2[n+]1C(C)C.CC(C)c1cccc2c[n+](C(C)C)ccc12.CC(C)c1cccc2cc[n+](C(C)C)cc12. The topological polar surface area (TPSA) is 34.9 Å². The minimum Gasteiger partial charge on any atom is -0.202 e. The molecule has 0 aliphatic heterocycles. The summed E-state index contributed by atoms with van der Waals surface area (Å²) in [6.07, 6.45) is 28.9. The third kappa shape index (κ3) is 30.2. The quantitative estimate of drug-likeness (QED) is 0.0768. The molecule has 0 saturated heterocycles. The zero-order valence-corrected chi connectivity index (χ0v) is 95.1. The lowest BCUT2D eigenvalue weighted by atomic mass is 9.97. The second kappa shape index (κ2) is 53.0. The molecule has 0 radical (unpaired) electrons. The van der Waals surface area contributed by atoms with Gasteiger partial charge < -0.3 is 0 Å². The first-order chi connectivity index (χ1) is 68.3. The van der Waals surface area contributed by atoms with Gasteiger partial charge in [0.1, 0.15) is 0 Å². The standard InChI is InChI=1S/9C15H20N/c1-11(2)13-5-6-15-10-16(12(3)4)8-7-14(15)9-13;1-11(2)14-6-5-13-7-8-16(12(3)4)10-15(13)9-14;1-11(2)14-7-5-6-13-10-16(12(3)4)9-8-15(13)14;1-11(2)14-7-5-6-13-8-9-16(12(3)4)10-15(13)14;1-11(2)14-9-13-7-5-6-8-15(13)16(10-14)12(3)4;1-11(2)15-10-16(12(3)4)9-13-7-5-6-8-14(13)15;1-11(2)15-9-13-7-5-6-8-14(13)10-16(15)12(3)4;1-11(2)14-10-9-13-7-5-6-8-15(13)16(14)12(3)4;1-11(2)15-14-8-6-5-7-13(14)9-10-16(15)12(3)4/h9*5-12H,1-4H3/q9*+1. The highest BCUT2D eigenvalue weighted by Crippen LogP contribution is 2.32. The van der Waals surface area contributed by atoms with Gasteiger partial charge in [-0.2, -0.15) is 18.3 Å². The Morgan fingerprint density at radius 3 is 1.04 bits per heavy atom. The second-order valence-corrected chi connectivity index (χ2v) is 44.9. The zero-order chi connectivity index (χ0) is 105. The summed E-state index contributed by atoms with van der Waals surface area (Å²) in [5, 5.41) is 21.5. The zero-order valence-electron chi connectivity index (χ0n) is 95.1. The Kier molecular flexibility index (Phi) is 41.8. The molecule has 0 N–H and O–H groups in total. The van der Waals surface area contributed by atoms with Crippen molar-refractivity contribution in [3.63, 3.8) is 0 Å². The molecule has 756 valence electrons. The van der Waals surface area contributed by atoms with Gasteiger partial charge in [0.25, 0.3) is 0 Å². The van der Waals surface area contributed by atoms with Gasteiger partial charge in [0.15, 0.2) is 152 Å². The van der Waals surface area contributed by atoms with E-state index in [1.54, 1.807) is 0 Å². The average molecular weight is 1930 g/mol. The molecule has 0 fully saturated rings. The fraction of sp³-hybridized carbons (Fsp3) is 0.400. The van der Waals surface area contributed by atoms with Gasteiger partial charge in [-0.1, -0.05) is 258 Å². The fourth-order valence-corrected chi connectivity index (χ4v) is 18.8. The van der Waals surface area contributed by atoms with Crippen molar-refractivity contribution in [3.05, 3.63) is 380 Å². The molecular weight excluding hydrogens is 1750 g/mol. The highest BCUT2D eigenvalue weighted by molar-refractivity contribution is 5.88. The van der Waals surface area contributed by atoms with E-state index in [0.717, 1.165) is 0 Å². The van der Waals surface area contributed by atoms with Crippen LogP contribution >= 0.6 is 0 Å². The third-order valence-electron chi connectivity index (χ3n) is 27.6. The van der Waals surface area contributed by atoms with E-state index in [1.165, 1.54) is 148 Å². The van der Waals surface area contributed by atoms with Crippen molar-refractivity contribution in [2.45, 2.75) is 357 Å². The lowest BCUT2D eigenvalue weighted by molar-refractivity contribution is -0.723. The molecule has 0 bridgehead atoms. The van der Waals surface area contributed by atoms with Crippen LogP contribution in [0, 0.1) is 0 Å². The molecule has 9 heteroatoms. The van der Waals surface area contributed by atoms with Crippen molar-refractivity contribution in [3.8, 4) is 0 Å². The Labute approximate surface area is 869 Å². The second-order valence-electron chi connectivity index (χ2n) is 44.9. The van der Waals surface area contributed by atoms with Crippen LogP contribution < -0.4 is 41.1 Å². The maximum absolute atomic E-state index is 2.44. The summed E-state index contributed by atoms with van der Waals surface area (Å²) < 4.78 is 20.9. The molecule has 9 nitrogen and oxygen atoms in total. The monoisotopic (exact) mass is 1930 g/mol. The van der Waals surface area contributed by atoms with Crippen LogP contribution in [0.2, 0.25) is 0 Å². The number of hydrogen-bond donors (Lipinski definition) is 0. The number of fused-ring (bicyclic) bond motifs is 9. The number of para-hydroxylation sites is 2. The third-order valence-corrected chi connectivity index (χ3v) is 27.6. The number of benzene rings is 9. The Hall–Kier alpha value is -12.3. The smallest absolute Gasteiger partial charge is 0.202 e. The summed E-state index contributed by atoms with van der Waals surface area (Å²) in [4.78, 5) is 0. The highest BCUT2D eigenvalue weighted by atomic mass is 15.0. The molecule has 0 atom stereocenters. The molecule has 0 aliphatic rings. The largest absolute Gasteiger partial charge is 0.212 e.